The number of nitrogens with one attached hydrogen (secondary N) is 1. The Morgan fingerprint density at radius 1 is 1.69 bits per heavy atom. The lowest BCUT2D eigenvalue weighted by molar-refractivity contribution is -0.385. The Kier molecular flexibility index (Phi) is 2.44. The van der Waals surface area contributed by atoms with Gasteiger partial charge in [-0.1, -0.05) is 6.92 Å². The first-order chi connectivity index (χ1) is 7.61. The van der Waals surface area contributed by atoms with Crippen molar-refractivity contribution in [2.45, 2.75) is 19.4 Å². The van der Waals surface area contributed by atoms with E-state index in [1.54, 1.807) is 6.07 Å². The van der Waals surface area contributed by atoms with Crippen LogP contribution in [0.25, 0.3) is 0 Å². The summed E-state index contributed by atoms with van der Waals surface area (Å²) in [6.45, 7) is 2.11. The van der Waals surface area contributed by atoms with Crippen LogP contribution in [0.1, 0.15) is 19.0 Å². The summed E-state index contributed by atoms with van der Waals surface area (Å²) in [4.78, 5) is 13.9. The number of hydrogen-bond acceptors (Lipinski definition) is 5. The van der Waals surface area contributed by atoms with E-state index in [4.69, 9.17) is 5.26 Å². The van der Waals surface area contributed by atoms with Crippen LogP contribution in [0.2, 0.25) is 0 Å². The molecule has 1 saturated carbocycles. The van der Waals surface area contributed by atoms with Crippen molar-refractivity contribution in [3.8, 4) is 6.07 Å². The second-order valence-electron chi connectivity index (χ2n) is 3.90. The van der Waals surface area contributed by atoms with Gasteiger partial charge in [0, 0.05) is 12.1 Å². The van der Waals surface area contributed by atoms with E-state index in [2.05, 4.69) is 17.2 Å². The van der Waals surface area contributed by atoms with Crippen molar-refractivity contribution in [1.82, 2.24) is 4.98 Å². The van der Waals surface area contributed by atoms with Crippen LogP contribution < -0.4 is 5.32 Å². The lowest BCUT2D eigenvalue weighted by Crippen LogP contribution is -2.06. The summed E-state index contributed by atoms with van der Waals surface area (Å²) in [6.07, 6.45) is 1.07. The van der Waals surface area contributed by atoms with Crippen molar-refractivity contribution in [3.05, 3.63) is 27.9 Å². The van der Waals surface area contributed by atoms with E-state index in [1.165, 1.54) is 12.1 Å². The first kappa shape index (κ1) is 10.4. The second kappa shape index (κ2) is 3.77. The molecule has 1 aromatic heterocycles. The van der Waals surface area contributed by atoms with Gasteiger partial charge in [-0.15, -0.1) is 0 Å². The Morgan fingerprint density at radius 2 is 2.38 bits per heavy atom. The van der Waals surface area contributed by atoms with Gasteiger partial charge in [-0.2, -0.15) is 5.26 Å². The zero-order valence-electron chi connectivity index (χ0n) is 8.67. The standard InChI is InChI=1S/C10H10N4O2/c1-6-4-7(6)12-10-3-2-9(14(15)16)8(5-11)13-10/h2-3,6-7H,4H2,1H3,(H,12,13). The van der Waals surface area contributed by atoms with Crippen molar-refractivity contribution in [2.24, 2.45) is 5.92 Å². The van der Waals surface area contributed by atoms with E-state index in [-0.39, 0.29) is 11.4 Å². The van der Waals surface area contributed by atoms with Crippen molar-refractivity contribution in [1.29, 1.82) is 5.26 Å². The minimum atomic E-state index is -0.602. The summed E-state index contributed by atoms with van der Waals surface area (Å²) in [5.74, 6) is 1.12. The van der Waals surface area contributed by atoms with Crippen LogP contribution in [0.4, 0.5) is 11.5 Å². The summed E-state index contributed by atoms with van der Waals surface area (Å²) >= 11 is 0. The third-order valence-corrected chi connectivity index (χ3v) is 2.62. The van der Waals surface area contributed by atoms with E-state index in [9.17, 15) is 10.1 Å². The Hall–Kier alpha value is -2.16. The highest BCUT2D eigenvalue weighted by molar-refractivity contribution is 5.51. The van der Waals surface area contributed by atoms with Gasteiger partial charge in [0.25, 0.3) is 0 Å². The molecule has 6 heteroatoms. The normalized spacial score (nSPS) is 22.2. The van der Waals surface area contributed by atoms with E-state index in [0.717, 1.165) is 6.42 Å². The molecule has 1 N–H and O–H groups in total. The molecule has 0 aliphatic heterocycles. The molecule has 1 aromatic rings. The molecule has 6 nitrogen and oxygen atoms in total. The smallest absolute Gasteiger partial charge is 0.305 e. The maximum Gasteiger partial charge on any atom is 0.305 e. The molecule has 1 aliphatic rings. The van der Waals surface area contributed by atoms with Gasteiger partial charge < -0.3 is 5.32 Å². The minimum absolute atomic E-state index is 0.150. The number of hydrogen-bond donors (Lipinski definition) is 1. The Labute approximate surface area is 92.1 Å². The van der Waals surface area contributed by atoms with Gasteiger partial charge in [0.05, 0.1) is 4.92 Å². The van der Waals surface area contributed by atoms with Crippen molar-refractivity contribution in [2.75, 3.05) is 5.32 Å². The van der Waals surface area contributed by atoms with Crippen molar-refractivity contribution < 1.29 is 4.92 Å². The van der Waals surface area contributed by atoms with E-state index in [1.807, 2.05) is 0 Å². The number of pyridine rings is 1. The molecule has 2 rings (SSSR count). The monoisotopic (exact) mass is 218 g/mol. The number of nitro groups is 1. The summed E-state index contributed by atoms with van der Waals surface area (Å²) in [5, 5.41) is 22.4. The van der Waals surface area contributed by atoms with Crippen LogP contribution >= 0.6 is 0 Å². The summed E-state index contributed by atoms with van der Waals surface area (Å²) < 4.78 is 0. The van der Waals surface area contributed by atoms with Crippen LogP contribution in [0, 0.1) is 27.4 Å². The molecule has 0 amide bonds. The maximum atomic E-state index is 10.6. The van der Waals surface area contributed by atoms with E-state index < -0.39 is 4.92 Å². The molecular weight excluding hydrogens is 208 g/mol. The Balaban J connectivity index is 2.23. The highest BCUT2D eigenvalue weighted by Gasteiger charge is 2.32. The number of anilines is 1. The SMILES string of the molecule is CC1CC1Nc1ccc([N+](=O)[O-])c(C#N)n1. The fourth-order valence-corrected chi connectivity index (χ4v) is 1.47. The van der Waals surface area contributed by atoms with Crippen LogP contribution in [-0.2, 0) is 0 Å². The van der Waals surface area contributed by atoms with Gasteiger partial charge in [0.2, 0.25) is 5.69 Å². The summed E-state index contributed by atoms with van der Waals surface area (Å²) in [5.41, 5.74) is -0.403. The van der Waals surface area contributed by atoms with Crippen molar-refractivity contribution >= 4 is 11.5 Å². The van der Waals surface area contributed by atoms with Crippen LogP contribution in [0.15, 0.2) is 12.1 Å². The molecule has 0 aromatic carbocycles. The van der Waals surface area contributed by atoms with Gasteiger partial charge in [0.15, 0.2) is 0 Å². The fourth-order valence-electron chi connectivity index (χ4n) is 1.47. The quantitative estimate of drug-likeness (QED) is 0.615. The van der Waals surface area contributed by atoms with Crippen LogP contribution in [-0.4, -0.2) is 15.9 Å². The number of nitriles is 1. The van der Waals surface area contributed by atoms with Crippen molar-refractivity contribution in [3.63, 3.8) is 0 Å². The zero-order valence-corrected chi connectivity index (χ0v) is 8.67. The predicted octanol–water partition coefficient (Wildman–Crippen LogP) is 1.68. The Morgan fingerprint density at radius 3 is 2.88 bits per heavy atom. The Bertz CT molecular complexity index is 480. The van der Waals surface area contributed by atoms with Crippen LogP contribution in [0.3, 0.4) is 0 Å². The zero-order chi connectivity index (χ0) is 11.7. The van der Waals surface area contributed by atoms with E-state index in [0.29, 0.717) is 17.8 Å². The third kappa shape index (κ3) is 1.93. The summed E-state index contributed by atoms with van der Waals surface area (Å²) in [6, 6.07) is 4.94. The first-order valence-corrected chi connectivity index (χ1v) is 4.94. The summed E-state index contributed by atoms with van der Waals surface area (Å²) in [7, 11) is 0. The number of aromatic nitrogens is 1. The highest BCUT2D eigenvalue weighted by Crippen LogP contribution is 2.32. The van der Waals surface area contributed by atoms with Gasteiger partial charge in [0.1, 0.15) is 11.9 Å². The average Bonchev–Trinajstić information content (AvgIpc) is 2.93. The molecule has 16 heavy (non-hydrogen) atoms. The molecule has 82 valence electrons. The molecule has 0 radical (unpaired) electrons. The van der Waals surface area contributed by atoms with Gasteiger partial charge in [-0.25, -0.2) is 4.98 Å². The molecule has 0 spiro atoms. The average molecular weight is 218 g/mol. The topological polar surface area (TPSA) is 91.9 Å². The number of rotatable bonds is 3. The lowest BCUT2D eigenvalue weighted by atomic mass is 10.3. The van der Waals surface area contributed by atoms with Crippen LogP contribution in [0.5, 0.6) is 0 Å². The largest absolute Gasteiger partial charge is 0.367 e. The maximum absolute atomic E-state index is 10.6. The molecule has 0 bridgehead atoms. The highest BCUT2D eigenvalue weighted by atomic mass is 16.6. The fraction of sp³-hybridized carbons (Fsp3) is 0.400. The van der Waals surface area contributed by atoms with Gasteiger partial charge in [-0.3, -0.25) is 10.1 Å². The lowest BCUT2D eigenvalue weighted by Gasteiger charge is -2.03. The second-order valence-corrected chi connectivity index (χ2v) is 3.90. The predicted molar refractivity (Wildman–Crippen MR) is 56.8 cm³/mol. The molecule has 1 fully saturated rings. The molecule has 1 aliphatic carbocycles. The van der Waals surface area contributed by atoms with Gasteiger partial charge >= 0.3 is 5.69 Å². The number of nitrogens with zero attached hydrogens (tertiary/aromatic N) is 3. The van der Waals surface area contributed by atoms with Gasteiger partial charge in [-0.05, 0) is 18.4 Å². The third-order valence-electron chi connectivity index (χ3n) is 2.62. The molecule has 1 heterocycles. The minimum Gasteiger partial charge on any atom is -0.367 e. The first-order valence-electron chi connectivity index (χ1n) is 4.94. The molecule has 2 unspecified atom stereocenters. The molecular formula is C10H10N4O2. The van der Waals surface area contributed by atoms with E-state index >= 15 is 0 Å². The molecule has 0 saturated heterocycles. The molecule has 2 atom stereocenters.